The quantitative estimate of drug-likeness (QED) is 0.653. The van der Waals surface area contributed by atoms with E-state index in [0.29, 0.717) is 0 Å². The van der Waals surface area contributed by atoms with E-state index in [1.165, 1.54) is 0 Å². The summed E-state index contributed by atoms with van der Waals surface area (Å²) in [4.78, 5) is 0. The van der Waals surface area contributed by atoms with Gasteiger partial charge in [0.1, 0.15) is 0 Å². The average Bonchev–Trinajstić information content (AvgIpc) is 2.32. The van der Waals surface area contributed by atoms with Crippen molar-refractivity contribution >= 4 is 11.6 Å². The van der Waals surface area contributed by atoms with Crippen LogP contribution in [0.5, 0.6) is 0 Å². The van der Waals surface area contributed by atoms with Crippen molar-refractivity contribution in [2.45, 2.75) is 13.8 Å². The van der Waals surface area contributed by atoms with E-state index in [1.54, 1.807) is 4.68 Å². The number of aromatic nitrogens is 2. The van der Waals surface area contributed by atoms with Crippen LogP contribution in [0.1, 0.15) is 25.1 Å². The van der Waals surface area contributed by atoms with Crippen LogP contribution in [0.15, 0.2) is 18.9 Å². The Labute approximate surface area is 73.2 Å². The molecule has 0 fully saturated rings. The fourth-order valence-corrected chi connectivity index (χ4v) is 1.14. The van der Waals surface area contributed by atoms with Crippen LogP contribution >= 0.6 is 0 Å². The van der Waals surface area contributed by atoms with Crippen LogP contribution in [0, 0.1) is 0 Å². The van der Waals surface area contributed by atoms with Crippen molar-refractivity contribution in [1.82, 2.24) is 9.78 Å². The number of rotatable bonds is 2. The second-order valence-corrected chi connectivity index (χ2v) is 2.89. The standard InChI is InChI=1S/C10H14N2/c1-5-6-9-7-12(4)11-10(9)8(2)3/h5-7H,2H2,1,3-4H3/b6-5-. The predicted molar refractivity (Wildman–Crippen MR) is 52.6 cm³/mol. The normalized spacial score (nSPS) is 10.9. The number of hydrogen-bond acceptors (Lipinski definition) is 1. The number of aryl methyl sites for hydroxylation is 1. The van der Waals surface area contributed by atoms with Gasteiger partial charge in [-0.25, -0.2) is 0 Å². The zero-order chi connectivity index (χ0) is 9.14. The SMILES string of the molecule is C=C(C)c1nn(C)cc1/C=C\C. The second-order valence-electron chi connectivity index (χ2n) is 2.89. The highest BCUT2D eigenvalue weighted by molar-refractivity contribution is 5.68. The first-order valence-corrected chi connectivity index (χ1v) is 3.97. The maximum absolute atomic E-state index is 4.29. The molecular weight excluding hydrogens is 148 g/mol. The third kappa shape index (κ3) is 1.64. The zero-order valence-electron chi connectivity index (χ0n) is 7.83. The molecule has 2 heteroatoms. The van der Waals surface area contributed by atoms with Crippen molar-refractivity contribution in [2.75, 3.05) is 0 Å². The molecule has 0 bridgehead atoms. The van der Waals surface area contributed by atoms with Gasteiger partial charge in [-0.05, 0) is 19.4 Å². The van der Waals surface area contributed by atoms with E-state index in [4.69, 9.17) is 0 Å². The van der Waals surface area contributed by atoms with Crippen LogP contribution < -0.4 is 0 Å². The largest absolute Gasteiger partial charge is 0.275 e. The molecule has 0 aliphatic heterocycles. The Bertz CT molecular complexity index is 319. The lowest BCUT2D eigenvalue weighted by Gasteiger charge is -1.93. The molecule has 0 N–H and O–H groups in total. The average molecular weight is 162 g/mol. The fourth-order valence-electron chi connectivity index (χ4n) is 1.14. The molecule has 0 saturated heterocycles. The summed E-state index contributed by atoms with van der Waals surface area (Å²) in [7, 11) is 1.92. The number of hydrogen-bond donors (Lipinski definition) is 0. The van der Waals surface area contributed by atoms with Crippen molar-refractivity contribution < 1.29 is 0 Å². The lowest BCUT2D eigenvalue weighted by Crippen LogP contribution is -1.88. The lowest BCUT2D eigenvalue weighted by molar-refractivity contribution is 0.763. The highest BCUT2D eigenvalue weighted by Gasteiger charge is 2.03. The summed E-state index contributed by atoms with van der Waals surface area (Å²) in [6, 6.07) is 0. The molecule has 0 spiro atoms. The van der Waals surface area contributed by atoms with E-state index in [2.05, 4.69) is 11.7 Å². The van der Waals surface area contributed by atoms with Gasteiger partial charge in [0, 0.05) is 18.8 Å². The molecule has 12 heavy (non-hydrogen) atoms. The molecule has 0 aliphatic rings. The summed E-state index contributed by atoms with van der Waals surface area (Å²) >= 11 is 0. The van der Waals surface area contributed by atoms with Gasteiger partial charge < -0.3 is 0 Å². The molecule has 0 radical (unpaired) electrons. The molecule has 1 heterocycles. The van der Waals surface area contributed by atoms with Gasteiger partial charge in [-0.3, -0.25) is 4.68 Å². The van der Waals surface area contributed by atoms with Gasteiger partial charge in [0.2, 0.25) is 0 Å². The molecule has 0 aliphatic carbocycles. The second kappa shape index (κ2) is 3.39. The van der Waals surface area contributed by atoms with E-state index in [9.17, 15) is 0 Å². The summed E-state index contributed by atoms with van der Waals surface area (Å²) in [6.45, 7) is 7.83. The fraction of sp³-hybridized carbons (Fsp3) is 0.300. The van der Waals surface area contributed by atoms with Gasteiger partial charge >= 0.3 is 0 Å². The molecule has 0 atom stereocenters. The van der Waals surface area contributed by atoms with Gasteiger partial charge in [0.25, 0.3) is 0 Å². The number of nitrogens with zero attached hydrogens (tertiary/aromatic N) is 2. The molecule has 0 unspecified atom stereocenters. The summed E-state index contributed by atoms with van der Waals surface area (Å²) in [5, 5.41) is 4.29. The molecule has 2 nitrogen and oxygen atoms in total. The Morgan fingerprint density at radius 1 is 1.67 bits per heavy atom. The van der Waals surface area contributed by atoms with Crippen LogP contribution in [0.4, 0.5) is 0 Å². The van der Waals surface area contributed by atoms with Gasteiger partial charge in [0.15, 0.2) is 0 Å². The molecule has 0 aromatic carbocycles. The molecule has 0 saturated carbocycles. The van der Waals surface area contributed by atoms with Crippen molar-refractivity contribution in [2.24, 2.45) is 7.05 Å². The van der Waals surface area contributed by atoms with Crippen LogP contribution in [0.25, 0.3) is 11.6 Å². The van der Waals surface area contributed by atoms with Crippen LogP contribution in [-0.2, 0) is 7.05 Å². The number of allylic oxidation sites excluding steroid dienone is 2. The molecule has 0 amide bonds. The minimum atomic E-state index is 0.982. The zero-order valence-corrected chi connectivity index (χ0v) is 7.83. The first-order chi connectivity index (χ1) is 5.65. The van der Waals surface area contributed by atoms with E-state index in [-0.39, 0.29) is 0 Å². The minimum absolute atomic E-state index is 0.982. The van der Waals surface area contributed by atoms with Crippen molar-refractivity contribution in [1.29, 1.82) is 0 Å². The minimum Gasteiger partial charge on any atom is -0.275 e. The predicted octanol–water partition coefficient (Wildman–Crippen LogP) is 2.49. The van der Waals surface area contributed by atoms with Gasteiger partial charge in [-0.1, -0.05) is 18.7 Å². The van der Waals surface area contributed by atoms with E-state index < -0.39 is 0 Å². The summed E-state index contributed by atoms with van der Waals surface area (Å²) in [5.41, 5.74) is 3.12. The Hall–Kier alpha value is -1.31. The van der Waals surface area contributed by atoms with E-state index >= 15 is 0 Å². The first-order valence-electron chi connectivity index (χ1n) is 3.97. The molecule has 1 aromatic heterocycles. The summed E-state index contributed by atoms with van der Waals surface area (Å²) in [5.74, 6) is 0. The van der Waals surface area contributed by atoms with Gasteiger partial charge in [-0.2, -0.15) is 5.10 Å². The van der Waals surface area contributed by atoms with Gasteiger partial charge in [-0.15, -0.1) is 0 Å². The Morgan fingerprint density at radius 3 is 2.83 bits per heavy atom. The van der Waals surface area contributed by atoms with Crippen LogP contribution in [-0.4, -0.2) is 9.78 Å². The topological polar surface area (TPSA) is 17.8 Å². The van der Waals surface area contributed by atoms with E-state index in [1.807, 2.05) is 39.2 Å². The third-order valence-electron chi connectivity index (χ3n) is 1.61. The first kappa shape index (κ1) is 8.78. The molecule has 1 aromatic rings. The Morgan fingerprint density at radius 2 is 2.33 bits per heavy atom. The maximum atomic E-state index is 4.29. The van der Waals surface area contributed by atoms with E-state index in [0.717, 1.165) is 16.8 Å². The summed E-state index contributed by atoms with van der Waals surface area (Å²) in [6.07, 6.45) is 6.03. The highest BCUT2D eigenvalue weighted by atomic mass is 15.2. The monoisotopic (exact) mass is 162 g/mol. The van der Waals surface area contributed by atoms with Crippen molar-refractivity contribution in [3.63, 3.8) is 0 Å². The Kier molecular flexibility index (Phi) is 2.48. The summed E-state index contributed by atoms with van der Waals surface area (Å²) < 4.78 is 1.80. The van der Waals surface area contributed by atoms with Crippen LogP contribution in [0.3, 0.4) is 0 Å². The highest BCUT2D eigenvalue weighted by Crippen LogP contribution is 2.15. The van der Waals surface area contributed by atoms with Crippen molar-refractivity contribution in [3.8, 4) is 0 Å². The molecule has 64 valence electrons. The maximum Gasteiger partial charge on any atom is 0.0946 e. The molecule has 1 rings (SSSR count). The third-order valence-corrected chi connectivity index (χ3v) is 1.61. The van der Waals surface area contributed by atoms with Crippen molar-refractivity contribution in [3.05, 3.63) is 30.1 Å². The lowest BCUT2D eigenvalue weighted by atomic mass is 10.1. The Balaban J connectivity index is 3.17. The van der Waals surface area contributed by atoms with Crippen LogP contribution in [0.2, 0.25) is 0 Å². The van der Waals surface area contributed by atoms with Gasteiger partial charge in [0.05, 0.1) is 5.69 Å². The molecular formula is C10H14N2. The smallest absolute Gasteiger partial charge is 0.0946 e.